The minimum Gasteiger partial charge on any atom is -0.394 e. The molecule has 0 bridgehead atoms. The Morgan fingerprint density at radius 3 is 2.55 bits per heavy atom. The number of aliphatic hydroxyl groups is 1. The van der Waals surface area contributed by atoms with Gasteiger partial charge in [0.1, 0.15) is 0 Å². The van der Waals surface area contributed by atoms with Crippen molar-refractivity contribution >= 4 is 26.0 Å². The number of aryl methyl sites for hydroxylation is 1. The molecule has 2 N–H and O–H groups in total. The predicted octanol–water partition coefficient (Wildman–Crippen LogP) is 0.589. The molecule has 1 aromatic heterocycles. The number of aromatic nitrogens is 3. The molecule has 1 aromatic carbocycles. The van der Waals surface area contributed by atoms with Crippen LogP contribution in [0.15, 0.2) is 40.0 Å². The number of nitrogens with one attached hydrogen (secondary N) is 1. The minimum atomic E-state index is -3.86. The maximum Gasteiger partial charge on any atom is 0.261 e. The van der Waals surface area contributed by atoms with Gasteiger partial charge in [0.2, 0.25) is 5.03 Å². The van der Waals surface area contributed by atoms with Gasteiger partial charge in [-0.25, -0.2) is 13.1 Å². The molecule has 9 heteroatoms. The average molecular weight is 361 g/mol. The molecule has 0 saturated carbocycles. The fourth-order valence-electron chi connectivity index (χ4n) is 1.75. The average Bonchev–Trinajstić information content (AvgIpc) is 2.77. The molecule has 0 aliphatic heterocycles. The Balaban J connectivity index is 2.32. The van der Waals surface area contributed by atoms with Crippen molar-refractivity contribution in [3.63, 3.8) is 0 Å². The van der Waals surface area contributed by atoms with Crippen LogP contribution in [-0.2, 0) is 17.1 Å². The normalized spacial score (nSPS) is 13.3. The van der Waals surface area contributed by atoms with Crippen LogP contribution in [0.1, 0.15) is 11.6 Å². The van der Waals surface area contributed by atoms with Gasteiger partial charge in [-0.3, -0.25) is 0 Å². The van der Waals surface area contributed by atoms with Crippen LogP contribution in [0.2, 0.25) is 0 Å². The summed E-state index contributed by atoms with van der Waals surface area (Å²) in [4.78, 5) is 0. The zero-order chi connectivity index (χ0) is 14.8. The number of benzene rings is 1. The van der Waals surface area contributed by atoms with Crippen LogP contribution < -0.4 is 4.72 Å². The van der Waals surface area contributed by atoms with E-state index in [1.165, 1.54) is 7.05 Å². The fraction of sp³-hybridized carbons (Fsp3) is 0.273. The predicted molar refractivity (Wildman–Crippen MR) is 75.3 cm³/mol. The lowest BCUT2D eigenvalue weighted by atomic mass is 10.1. The minimum absolute atomic E-state index is 0.0909. The number of rotatable bonds is 5. The lowest BCUT2D eigenvalue weighted by molar-refractivity contribution is 0.258. The van der Waals surface area contributed by atoms with E-state index in [-0.39, 0.29) is 16.2 Å². The quantitative estimate of drug-likeness (QED) is 0.813. The summed E-state index contributed by atoms with van der Waals surface area (Å²) in [6.07, 6.45) is 0. The maximum absolute atomic E-state index is 12.3. The molecule has 0 radical (unpaired) electrons. The van der Waals surface area contributed by atoms with Crippen molar-refractivity contribution in [2.75, 3.05) is 6.61 Å². The Labute approximate surface area is 124 Å². The van der Waals surface area contributed by atoms with Crippen LogP contribution in [0.3, 0.4) is 0 Å². The third kappa shape index (κ3) is 3.06. The van der Waals surface area contributed by atoms with E-state index in [1.54, 1.807) is 24.3 Å². The van der Waals surface area contributed by atoms with Gasteiger partial charge in [0.25, 0.3) is 10.0 Å². The molecule has 20 heavy (non-hydrogen) atoms. The molecule has 0 amide bonds. The van der Waals surface area contributed by atoms with Crippen LogP contribution in [0.4, 0.5) is 0 Å². The summed E-state index contributed by atoms with van der Waals surface area (Å²) in [5, 5.41) is 16.6. The first-order chi connectivity index (χ1) is 9.45. The smallest absolute Gasteiger partial charge is 0.261 e. The van der Waals surface area contributed by atoms with E-state index in [2.05, 4.69) is 31.0 Å². The van der Waals surface area contributed by atoms with E-state index in [1.807, 2.05) is 6.07 Å². The number of halogens is 1. The van der Waals surface area contributed by atoms with Crippen molar-refractivity contribution in [1.29, 1.82) is 0 Å². The van der Waals surface area contributed by atoms with Gasteiger partial charge in [0.05, 0.1) is 12.6 Å². The Kier molecular flexibility index (Phi) is 4.53. The van der Waals surface area contributed by atoms with E-state index in [9.17, 15) is 13.5 Å². The lowest BCUT2D eigenvalue weighted by Crippen LogP contribution is -2.32. The largest absolute Gasteiger partial charge is 0.394 e. The van der Waals surface area contributed by atoms with Crippen molar-refractivity contribution in [3.8, 4) is 0 Å². The highest BCUT2D eigenvalue weighted by Gasteiger charge is 2.27. The van der Waals surface area contributed by atoms with Crippen molar-refractivity contribution in [3.05, 3.63) is 40.5 Å². The van der Waals surface area contributed by atoms with Crippen molar-refractivity contribution in [2.45, 2.75) is 11.1 Å². The molecule has 0 aliphatic carbocycles. The first kappa shape index (κ1) is 15.1. The van der Waals surface area contributed by atoms with Crippen LogP contribution in [0.25, 0.3) is 0 Å². The zero-order valence-electron chi connectivity index (χ0n) is 10.6. The highest BCUT2D eigenvalue weighted by molar-refractivity contribution is 9.10. The molecule has 0 aliphatic rings. The van der Waals surface area contributed by atoms with Crippen molar-refractivity contribution < 1.29 is 13.5 Å². The SMILES string of the molecule is Cn1nnc(Br)c1S(=O)(=O)NC(CO)c1ccccc1. The van der Waals surface area contributed by atoms with Gasteiger partial charge in [-0.2, -0.15) is 4.72 Å². The number of aliphatic hydroxyl groups excluding tert-OH is 1. The third-order valence-corrected chi connectivity index (χ3v) is 5.03. The summed E-state index contributed by atoms with van der Waals surface area (Å²) in [5.41, 5.74) is 0.671. The highest BCUT2D eigenvalue weighted by Crippen LogP contribution is 2.21. The Morgan fingerprint density at radius 2 is 2.05 bits per heavy atom. The van der Waals surface area contributed by atoms with Gasteiger partial charge in [-0.15, -0.1) is 5.10 Å². The summed E-state index contributed by atoms with van der Waals surface area (Å²) in [6.45, 7) is -0.355. The second-order valence-electron chi connectivity index (χ2n) is 4.08. The van der Waals surface area contributed by atoms with E-state index in [4.69, 9.17) is 0 Å². The van der Waals surface area contributed by atoms with E-state index < -0.39 is 16.1 Å². The number of sulfonamides is 1. The van der Waals surface area contributed by atoms with Crippen molar-refractivity contribution in [1.82, 2.24) is 19.7 Å². The molecule has 2 rings (SSSR count). The van der Waals surface area contributed by atoms with Gasteiger partial charge in [-0.05, 0) is 21.5 Å². The van der Waals surface area contributed by atoms with E-state index in [0.29, 0.717) is 5.56 Å². The van der Waals surface area contributed by atoms with Crippen LogP contribution in [-0.4, -0.2) is 35.1 Å². The monoisotopic (exact) mass is 360 g/mol. The zero-order valence-corrected chi connectivity index (χ0v) is 13.0. The first-order valence-electron chi connectivity index (χ1n) is 5.69. The fourth-order valence-corrected chi connectivity index (χ4v) is 4.06. The molecule has 0 spiro atoms. The molecular weight excluding hydrogens is 348 g/mol. The summed E-state index contributed by atoms with van der Waals surface area (Å²) in [6, 6.07) is 8.10. The van der Waals surface area contributed by atoms with E-state index in [0.717, 1.165) is 4.68 Å². The summed E-state index contributed by atoms with van der Waals surface area (Å²) < 4.78 is 28.4. The van der Waals surface area contributed by atoms with Gasteiger partial charge in [-0.1, -0.05) is 35.5 Å². The Hall–Kier alpha value is -1.29. The number of nitrogens with zero attached hydrogens (tertiary/aromatic N) is 3. The number of hydrogen-bond acceptors (Lipinski definition) is 5. The second-order valence-corrected chi connectivity index (χ2v) is 6.46. The maximum atomic E-state index is 12.3. The molecule has 7 nitrogen and oxygen atoms in total. The molecule has 1 unspecified atom stereocenters. The molecule has 2 aromatic rings. The number of hydrogen-bond donors (Lipinski definition) is 2. The van der Waals surface area contributed by atoms with Crippen molar-refractivity contribution in [2.24, 2.45) is 7.05 Å². The topological polar surface area (TPSA) is 97.1 Å². The summed E-state index contributed by atoms with van der Waals surface area (Å²) in [5.74, 6) is 0. The van der Waals surface area contributed by atoms with Crippen LogP contribution >= 0.6 is 15.9 Å². The summed E-state index contributed by atoms with van der Waals surface area (Å²) >= 11 is 3.04. The Morgan fingerprint density at radius 1 is 1.40 bits per heavy atom. The van der Waals surface area contributed by atoms with Gasteiger partial charge < -0.3 is 5.11 Å². The molecule has 1 heterocycles. The van der Waals surface area contributed by atoms with Gasteiger partial charge in [0.15, 0.2) is 4.60 Å². The van der Waals surface area contributed by atoms with E-state index >= 15 is 0 Å². The Bertz CT molecular complexity index is 667. The summed E-state index contributed by atoms with van der Waals surface area (Å²) in [7, 11) is -2.38. The molecule has 0 saturated heterocycles. The second kappa shape index (κ2) is 6.00. The molecule has 108 valence electrons. The molecule has 0 fully saturated rings. The third-order valence-electron chi connectivity index (χ3n) is 2.67. The van der Waals surface area contributed by atoms with Crippen LogP contribution in [0, 0.1) is 0 Å². The molecular formula is C11H13BrN4O3S. The standard InChI is InChI=1S/C11H13BrN4O3S/c1-16-11(10(12)13-15-16)20(18,19)14-9(7-17)8-5-3-2-4-6-8/h2-6,9,14,17H,7H2,1H3. The van der Waals surface area contributed by atoms with Gasteiger partial charge >= 0.3 is 0 Å². The lowest BCUT2D eigenvalue weighted by Gasteiger charge is -2.16. The molecule has 1 atom stereocenters. The highest BCUT2D eigenvalue weighted by atomic mass is 79.9. The van der Waals surface area contributed by atoms with Crippen LogP contribution in [0.5, 0.6) is 0 Å². The van der Waals surface area contributed by atoms with Gasteiger partial charge in [0, 0.05) is 7.05 Å². The first-order valence-corrected chi connectivity index (χ1v) is 7.96.